The van der Waals surface area contributed by atoms with Crippen molar-refractivity contribution in [2.75, 3.05) is 18.2 Å². The van der Waals surface area contributed by atoms with Gasteiger partial charge >= 0.3 is 5.97 Å². The molecule has 1 aliphatic heterocycles. The van der Waals surface area contributed by atoms with E-state index in [9.17, 15) is 19.6 Å². The smallest absolute Gasteiger partial charge is 0.337 e. The Morgan fingerprint density at radius 3 is 2.45 bits per heavy atom. The van der Waals surface area contributed by atoms with E-state index in [1.165, 1.54) is 7.11 Å². The van der Waals surface area contributed by atoms with E-state index in [1.54, 1.807) is 24.3 Å². The Hall–Kier alpha value is -3.09. The first kappa shape index (κ1) is 24.6. The molecule has 0 fully saturated rings. The van der Waals surface area contributed by atoms with Crippen molar-refractivity contribution in [1.29, 1.82) is 5.26 Å². The number of thioether (sulfide) groups is 1. The molecule has 1 heterocycles. The van der Waals surface area contributed by atoms with Crippen molar-refractivity contribution >= 4 is 51.2 Å². The highest BCUT2D eigenvalue weighted by Crippen LogP contribution is 2.36. The minimum absolute atomic E-state index is 0.0315. The second-order valence-electron chi connectivity index (χ2n) is 7.52. The number of aryl methyl sites for hydroxylation is 2. The van der Waals surface area contributed by atoms with Crippen LogP contribution in [0.3, 0.4) is 0 Å². The third-order valence-electron chi connectivity index (χ3n) is 5.20. The zero-order chi connectivity index (χ0) is 24.1. The van der Waals surface area contributed by atoms with Crippen molar-refractivity contribution in [3.63, 3.8) is 0 Å². The van der Waals surface area contributed by atoms with Crippen LogP contribution >= 0.6 is 27.7 Å². The van der Waals surface area contributed by atoms with Crippen molar-refractivity contribution in [1.82, 2.24) is 5.32 Å². The number of carbonyl (C=O) groups excluding carboxylic acids is 3. The minimum Gasteiger partial charge on any atom is -0.465 e. The highest BCUT2D eigenvalue weighted by Gasteiger charge is 2.30. The summed E-state index contributed by atoms with van der Waals surface area (Å²) in [4.78, 5) is 36.6. The van der Waals surface area contributed by atoms with E-state index in [-0.39, 0.29) is 24.0 Å². The number of hydrogen-bond donors (Lipinski definition) is 2. The molecule has 0 spiro atoms. The van der Waals surface area contributed by atoms with Crippen LogP contribution in [0.4, 0.5) is 5.69 Å². The van der Waals surface area contributed by atoms with E-state index in [0.717, 1.165) is 38.6 Å². The second kappa shape index (κ2) is 10.7. The Labute approximate surface area is 204 Å². The minimum atomic E-state index is -0.461. The van der Waals surface area contributed by atoms with Gasteiger partial charge < -0.3 is 15.4 Å². The molecule has 9 heteroatoms. The molecule has 2 amide bonds. The van der Waals surface area contributed by atoms with Gasteiger partial charge in [0.15, 0.2) is 0 Å². The number of benzene rings is 2. The van der Waals surface area contributed by atoms with Crippen molar-refractivity contribution in [3.05, 3.63) is 73.7 Å². The third kappa shape index (κ3) is 5.83. The van der Waals surface area contributed by atoms with E-state index in [2.05, 4.69) is 32.6 Å². The Morgan fingerprint density at radius 1 is 1.24 bits per heavy atom. The number of halogens is 1. The number of allylic oxidation sites excluding steroid dienone is 1. The summed E-state index contributed by atoms with van der Waals surface area (Å²) in [5.41, 5.74) is 4.10. The van der Waals surface area contributed by atoms with Crippen LogP contribution in [0.1, 0.15) is 39.4 Å². The quantitative estimate of drug-likeness (QED) is 0.533. The average molecular weight is 528 g/mol. The fourth-order valence-electron chi connectivity index (χ4n) is 3.61. The van der Waals surface area contributed by atoms with Crippen molar-refractivity contribution in [2.24, 2.45) is 0 Å². The van der Waals surface area contributed by atoms with Gasteiger partial charge in [-0.1, -0.05) is 39.8 Å². The zero-order valence-electron chi connectivity index (χ0n) is 18.3. The van der Waals surface area contributed by atoms with E-state index >= 15 is 0 Å². The number of anilines is 1. The molecule has 0 aliphatic carbocycles. The summed E-state index contributed by atoms with van der Waals surface area (Å²) in [6.07, 6.45) is 0.105. The fourth-order valence-corrected chi connectivity index (χ4v) is 5.17. The van der Waals surface area contributed by atoms with E-state index < -0.39 is 11.9 Å². The number of methoxy groups -OCH3 is 1. The largest absolute Gasteiger partial charge is 0.465 e. The Balaban J connectivity index is 1.77. The molecule has 0 bridgehead atoms. The molecule has 2 aromatic carbocycles. The number of nitriles is 1. The van der Waals surface area contributed by atoms with Gasteiger partial charge in [0.2, 0.25) is 11.8 Å². The van der Waals surface area contributed by atoms with Crippen molar-refractivity contribution in [3.8, 4) is 6.07 Å². The van der Waals surface area contributed by atoms with E-state index in [1.807, 2.05) is 26.0 Å². The molecule has 0 aromatic heterocycles. The number of nitrogens with zero attached hydrogens (tertiary/aromatic N) is 1. The zero-order valence-corrected chi connectivity index (χ0v) is 20.7. The first-order valence-corrected chi connectivity index (χ1v) is 11.8. The maximum absolute atomic E-state index is 12.6. The summed E-state index contributed by atoms with van der Waals surface area (Å²) in [7, 11) is 1.30. The number of carbonyl (C=O) groups is 3. The van der Waals surface area contributed by atoms with Crippen LogP contribution in [0, 0.1) is 25.2 Å². The summed E-state index contributed by atoms with van der Waals surface area (Å²) in [5.74, 6) is -1.37. The topological polar surface area (TPSA) is 108 Å². The SMILES string of the molecule is COC(=O)c1ccc([C@H]2CC(=O)NC(SCC(=O)Nc3c(C)cc(Br)cc3C)=C2C#N)cc1. The lowest BCUT2D eigenvalue weighted by Crippen LogP contribution is -2.31. The molecular weight excluding hydrogens is 506 g/mol. The summed E-state index contributed by atoms with van der Waals surface area (Å²) in [6.45, 7) is 3.82. The van der Waals surface area contributed by atoms with Crippen LogP contribution in [0.15, 0.2) is 51.5 Å². The average Bonchev–Trinajstić information content (AvgIpc) is 2.79. The van der Waals surface area contributed by atoms with Crippen LogP contribution in [-0.4, -0.2) is 30.6 Å². The van der Waals surface area contributed by atoms with E-state index in [4.69, 9.17) is 4.74 Å². The molecule has 0 unspecified atom stereocenters. The second-order valence-corrected chi connectivity index (χ2v) is 9.43. The van der Waals surface area contributed by atoms with E-state index in [0.29, 0.717) is 16.2 Å². The van der Waals surface area contributed by atoms with Crippen LogP contribution in [0.5, 0.6) is 0 Å². The summed E-state index contributed by atoms with van der Waals surface area (Å²) in [5, 5.41) is 15.8. The first-order valence-electron chi connectivity index (χ1n) is 10.0. The van der Waals surface area contributed by atoms with Gasteiger partial charge in [-0.05, 0) is 54.8 Å². The van der Waals surface area contributed by atoms with Gasteiger partial charge in [-0.25, -0.2) is 4.79 Å². The first-order chi connectivity index (χ1) is 15.7. The van der Waals surface area contributed by atoms with Gasteiger partial charge in [0.25, 0.3) is 0 Å². The molecule has 2 N–H and O–H groups in total. The maximum atomic E-state index is 12.6. The van der Waals surface area contributed by atoms with Crippen molar-refractivity contribution in [2.45, 2.75) is 26.2 Å². The van der Waals surface area contributed by atoms with Gasteiger partial charge in [-0.15, -0.1) is 0 Å². The lowest BCUT2D eigenvalue weighted by atomic mass is 9.87. The summed E-state index contributed by atoms with van der Waals surface area (Å²) >= 11 is 4.55. The molecule has 0 radical (unpaired) electrons. The van der Waals surface area contributed by atoms with Crippen LogP contribution in [0.25, 0.3) is 0 Å². The van der Waals surface area contributed by atoms with Gasteiger partial charge in [0.1, 0.15) is 0 Å². The Morgan fingerprint density at radius 2 is 1.88 bits per heavy atom. The molecule has 2 aromatic rings. The maximum Gasteiger partial charge on any atom is 0.337 e. The Kier molecular flexibility index (Phi) is 7.95. The van der Waals surface area contributed by atoms with Crippen LogP contribution in [0.2, 0.25) is 0 Å². The van der Waals surface area contributed by atoms with Crippen LogP contribution < -0.4 is 10.6 Å². The molecule has 3 rings (SSSR count). The third-order valence-corrected chi connectivity index (χ3v) is 6.67. The van der Waals surface area contributed by atoms with Crippen molar-refractivity contribution < 1.29 is 19.1 Å². The van der Waals surface area contributed by atoms with Gasteiger partial charge in [0, 0.05) is 22.5 Å². The fraction of sp³-hybridized carbons (Fsp3) is 0.250. The normalized spacial score (nSPS) is 15.5. The molecular formula is C24H22BrN3O4S. The molecule has 0 saturated heterocycles. The van der Waals surface area contributed by atoms with Gasteiger partial charge in [-0.3, -0.25) is 9.59 Å². The standard InChI is InChI=1S/C24H22BrN3O4S/c1-13-8-17(25)9-14(2)22(13)27-21(30)12-33-23-19(11-26)18(10-20(29)28-23)15-4-6-16(7-5-15)24(31)32-3/h4-9,18H,10,12H2,1-3H3,(H,27,30)(H,28,29)/t18-/m1/s1. The lowest BCUT2D eigenvalue weighted by Gasteiger charge is -2.25. The molecule has 1 atom stereocenters. The number of rotatable bonds is 6. The predicted molar refractivity (Wildman–Crippen MR) is 131 cm³/mol. The monoisotopic (exact) mass is 527 g/mol. The van der Waals surface area contributed by atoms with Crippen LogP contribution in [-0.2, 0) is 14.3 Å². The number of amides is 2. The number of ether oxygens (including phenoxy) is 1. The molecule has 1 aliphatic rings. The van der Waals surface area contributed by atoms with Gasteiger partial charge in [0.05, 0.1) is 35.1 Å². The lowest BCUT2D eigenvalue weighted by molar-refractivity contribution is -0.121. The highest BCUT2D eigenvalue weighted by molar-refractivity contribution is 9.10. The molecule has 33 heavy (non-hydrogen) atoms. The number of hydrogen-bond acceptors (Lipinski definition) is 6. The predicted octanol–water partition coefficient (Wildman–Crippen LogP) is 4.56. The number of nitrogens with one attached hydrogen (secondary N) is 2. The Bertz CT molecular complexity index is 1160. The molecule has 170 valence electrons. The highest BCUT2D eigenvalue weighted by atomic mass is 79.9. The summed E-state index contributed by atoms with van der Waals surface area (Å²) in [6, 6.07) is 12.6. The molecule has 0 saturated carbocycles. The summed E-state index contributed by atoms with van der Waals surface area (Å²) < 4.78 is 5.64. The van der Waals surface area contributed by atoms with Gasteiger partial charge in [-0.2, -0.15) is 5.26 Å². The number of esters is 1. The molecule has 7 nitrogen and oxygen atoms in total.